The highest BCUT2D eigenvalue weighted by atomic mass is 35.5. The fourth-order valence-electron chi connectivity index (χ4n) is 1.28. The molecule has 0 saturated carbocycles. The SMILES string of the molecule is CC(C)Cc1nc2cc(Cl)cnc2o1. The Kier molecular flexibility index (Phi) is 2.42. The smallest absolute Gasteiger partial charge is 0.247 e. The van der Waals surface area contributed by atoms with Gasteiger partial charge in [-0.3, -0.25) is 0 Å². The normalized spacial score (nSPS) is 11.4. The molecule has 0 bridgehead atoms. The van der Waals surface area contributed by atoms with Gasteiger partial charge < -0.3 is 4.42 Å². The highest BCUT2D eigenvalue weighted by molar-refractivity contribution is 6.30. The summed E-state index contributed by atoms with van der Waals surface area (Å²) in [5.41, 5.74) is 1.29. The van der Waals surface area contributed by atoms with Gasteiger partial charge in [-0.2, -0.15) is 0 Å². The second kappa shape index (κ2) is 3.58. The van der Waals surface area contributed by atoms with Gasteiger partial charge in [0.25, 0.3) is 0 Å². The lowest BCUT2D eigenvalue weighted by molar-refractivity contribution is 0.477. The van der Waals surface area contributed by atoms with E-state index in [2.05, 4.69) is 23.8 Å². The molecule has 2 rings (SSSR count). The molecule has 0 fully saturated rings. The first-order chi connectivity index (χ1) is 6.65. The van der Waals surface area contributed by atoms with E-state index < -0.39 is 0 Å². The van der Waals surface area contributed by atoms with Crippen LogP contribution in [0.2, 0.25) is 5.02 Å². The van der Waals surface area contributed by atoms with Crippen LogP contribution in [-0.4, -0.2) is 9.97 Å². The van der Waals surface area contributed by atoms with E-state index in [1.807, 2.05) is 0 Å². The van der Waals surface area contributed by atoms with Crippen molar-refractivity contribution in [2.24, 2.45) is 5.92 Å². The van der Waals surface area contributed by atoms with E-state index in [1.165, 1.54) is 0 Å². The predicted molar refractivity (Wildman–Crippen MR) is 55.4 cm³/mol. The maximum Gasteiger partial charge on any atom is 0.247 e. The largest absolute Gasteiger partial charge is 0.422 e. The first kappa shape index (κ1) is 9.46. The molecule has 0 aliphatic rings. The molecule has 2 aromatic heterocycles. The Bertz CT molecular complexity index is 450. The number of hydrogen-bond acceptors (Lipinski definition) is 3. The third kappa shape index (κ3) is 1.87. The van der Waals surface area contributed by atoms with Crippen molar-refractivity contribution in [2.45, 2.75) is 20.3 Å². The summed E-state index contributed by atoms with van der Waals surface area (Å²) in [6, 6.07) is 1.76. The van der Waals surface area contributed by atoms with Crippen molar-refractivity contribution in [1.29, 1.82) is 0 Å². The number of oxazole rings is 1. The number of pyridine rings is 1. The monoisotopic (exact) mass is 210 g/mol. The maximum atomic E-state index is 5.79. The second-order valence-electron chi connectivity index (χ2n) is 3.68. The number of fused-ring (bicyclic) bond motifs is 1. The molecule has 0 N–H and O–H groups in total. The number of hydrogen-bond donors (Lipinski definition) is 0. The number of nitrogens with zero attached hydrogens (tertiary/aromatic N) is 2. The van der Waals surface area contributed by atoms with Crippen molar-refractivity contribution in [1.82, 2.24) is 9.97 Å². The van der Waals surface area contributed by atoms with E-state index in [-0.39, 0.29) is 0 Å². The van der Waals surface area contributed by atoms with Crippen LogP contribution in [0.3, 0.4) is 0 Å². The van der Waals surface area contributed by atoms with Gasteiger partial charge in [0.05, 0.1) is 5.02 Å². The van der Waals surface area contributed by atoms with Gasteiger partial charge in [0.2, 0.25) is 5.71 Å². The molecule has 4 heteroatoms. The van der Waals surface area contributed by atoms with Gasteiger partial charge in [-0.1, -0.05) is 25.4 Å². The standard InChI is InChI=1S/C10H11ClN2O/c1-6(2)3-9-13-8-4-7(11)5-12-10(8)14-9/h4-6H,3H2,1-2H3. The molecule has 0 amide bonds. The van der Waals surface area contributed by atoms with Gasteiger partial charge in [-0.15, -0.1) is 0 Å². The van der Waals surface area contributed by atoms with Crippen molar-refractivity contribution < 1.29 is 4.42 Å². The minimum Gasteiger partial charge on any atom is -0.422 e. The first-order valence-corrected chi connectivity index (χ1v) is 4.94. The fourth-order valence-corrected chi connectivity index (χ4v) is 1.43. The molecule has 0 unspecified atom stereocenters. The zero-order chi connectivity index (χ0) is 10.1. The Hall–Kier alpha value is -1.09. The van der Waals surface area contributed by atoms with Gasteiger partial charge in [-0.05, 0) is 12.0 Å². The lowest BCUT2D eigenvalue weighted by Crippen LogP contribution is -1.93. The summed E-state index contributed by atoms with van der Waals surface area (Å²) in [6.45, 7) is 4.24. The van der Waals surface area contributed by atoms with Crippen molar-refractivity contribution in [3.8, 4) is 0 Å². The summed E-state index contributed by atoms with van der Waals surface area (Å²) in [6.07, 6.45) is 2.39. The molecule has 0 aromatic carbocycles. The van der Waals surface area contributed by atoms with Crippen LogP contribution in [0.1, 0.15) is 19.7 Å². The van der Waals surface area contributed by atoms with E-state index in [0.717, 1.165) is 17.8 Å². The summed E-state index contributed by atoms with van der Waals surface area (Å²) in [4.78, 5) is 8.35. The third-order valence-electron chi connectivity index (χ3n) is 1.84. The van der Waals surface area contributed by atoms with Crippen LogP contribution in [0.25, 0.3) is 11.2 Å². The topological polar surface area (TPSA) is 38.9 Å². The molecule has 2 heterocycles. The summed E-state index contributed by atoms with van der Waals surface area (Å²) in [5.74, 6) is 1.25. The lowest BCUT2D eigenvalue weighted by atomic mass is 10.1. The summed E-state index contributed by atoms with van der Waals surface area (Å²) < 4.78 is 5.45. The van der Waals surface area contributed by atoms with Crippen LogP contribution in [0.4, 0.5) is 0 Å². The summed E-state index contributed by atoms with van der Waals surface area (Å²) >= 11 is 5.79. The summed E-state index contributed by atoms with van der Waals surface area (Å²) in [5, 5.41) is 0.585. The van der Waals surface area contributed by atoms with Gasteiger partial charge >= 0.3 is 0 Å². The molecule has 0 saturated heterocycles. The molecule has 14 heavy (non-hydrogen) atoms. The summed E-state index contributed by atoms with van der Waals surface area (Å²) in [7, 11) is 0. The molecule has 0 aliphatic heterocycles. The minimum atomic E-state index is 0.526. The van der Waals surface area contributed by atoms with Crippen LogP contribution in [0, 0.1) is 5.92 Å². The third-order valence-corrected chi connectivity index (χ3v) is 2.05. The molecule has 2 aromatic rings. The van der Waals surface area contributed by atoms with Crippen molar-refractivity contribution in [3.63, 3.8) is 0 Å². The van der Waals surface area contributed by atoms with Crippen LogP contribution in [0.15, 0.2) is 16.7 Å². The predicted octanol–water partition coefficient (Wildman–Crippen LogP) is 3.07. The van der Waals surface area contributed by atoms with E-state index >= 15 is 0 Å². The average Bonchev–Trinajstić information content (AvgIpc) is 2.44. The average molecular weight is 211 g/mol. The molecular formula is C10H11ClN2O. The van der Waals surface area contributed by atoms with Crippen molar-refractivity contribution >= 4 is 22.8 Å². The van der Waals surface area contributed by atoms with Crippen LogP contribution >= 0.6 is 11.6 Å². The quantitative estimate of drug-likeness (QED) is 0.765. The Morgan fingerprint density at radius 1 is 1.50 bits per heavy atom. The number of aromatic nitrogens is 2. The molecule has 0 aliphatic carbocycles. The Morgan fingerprint density at radius 2 is 2.29 bits per heavy atom. The van der Waals surface area contributed by atoms with Crippen molar-refractivity contribution in [2.75, 3.05) is 0 Å². The van der Waals surface area contributed by atoms with Crippen LogP contribution in [0.5, 0.6) is 0 Å². The maximum absolute atomic E-state index is 5.79. The molecule has 0 atom stereocenters. The van der Waals surface area contributed by atoms with E-state index in [1.54, 1.807) is 12.3 Å². The van der Waals surface area contributed by atoms with Gasteiger partial charge in [0.1, 0.15) is 5.52 Å². The van der Waals surface area contributed by atoms with Gasteiger partial charge in [0.15, 0.2) is 5.89 Å². The highest BCUT2D eigenvalue weighted by Gasteiger charge is 2.08. The minimum absolute atomic E-state index is 0.526. The fraction of sp³-hybridized carbons (Fsp3) is 0.400. The van der Waals surface area contributed by atoms with Gasteiger partial charge in [0, 0.05) is 12.6 Å². The van der Waals surface area contributed by atoms with Crippen LogP contribution in [-0.2, 0) is 6.42 Å². The zero-order valence-corrected chi connectivity index (χ0v) is 8.88. The Balaban J connectivity index is 2.41. The molecule has 74 valence electrons. The van der Waals surface area contributed by atoms with E-state index in [0.29, 0.717) is 16.7 Å². The Morgan fingerprint density at radius 3 is 3.00 bits per heavy atom. The van der Waals surface area contributed by atoms with E-state index in [9.17, 15) is 0 Å². The number of halogens is 1. The van der Waals surface area contributed by atoms with Gasteiger partial charge in [-0.25, -0.2) is 9.97 Å². The zero-order valence-electron chi connectivity index (χ0n) is 8.12. The Labute approximate surface area is 87.1 Å². The van der Waals surface area contributed by atoms with Crippen LogP contribution < -0.4 is 0 Å². The van der Waals surface area contributed by atoms with Crippen molar-refractivity contribution in [3.05, 3.63) is 23.2 Å². The molecular weight excluding hydrogens is 200 g/mol. The number of rotatable bonds is 2. The second-order valence-corrected chi connectivity index (χ2v) is 4.12. The molecule has 0 spiro atoms. The highest BCUT2D eigenvalue weighted by Crippen LogP contribution is 2.18. The molecule has 3 nitrogen and oxygen atoms in total. The van der Waals surface area contributed by atoms with E-state index in [4.69, 9.17) is 16.0 Å². The molecule has 0 radical (unpaired) electrons. The first-order valence-electron chi connectivity index (χ1n) is 4.56. The lowest BCUT2D eigenvalue weighted by Gasteiger charge is -1.96.